The minimum atomic E-state index is -1.89. The molecule has 0 aromatic heterocycles. The largest absolute Gasteiger partial charge is 0.394 e. The highest BCUT2D eigenvalue weighted by Gasteiger charge is 2.55. The lowest BCUT2D eigenvalue weighted by molar-refractivity contribution is -0.366. The Morgan fingerprint density at radius 3 is 0.880 bits per heavy atom. The maximum absolute atomic E-state index is 12.2. The number of amides is 2. The Morgan fingerprint density at radius 2 is 0.580 bits per heavy atom. The molecule has 0 aromatic rings. The minimum Gasteiger partial charge on any atom is -0.394 e. The number of nitrogens with one attached hydrogen (secondary N) is 2. The highest BCUT2D eigenvalue weighted by Crippen LogP contribution is 2.34. The molecule has 6 aliphatic heterocycles. The first-order valence-electron chi connectivity index (χ1n) is 32.6. The molecule has 6 rings (SSSR count). The van der Waals surface area contributed by atoms with Gasteiger partial charge in [-0.05, 0) is 26.7 Å². The van der Waals surface area contributed by atoms with Crippen LogP contribution in [0.2, 0.25) is 0 Å². The molecule has 6 saturated heterocycles. The maximum atomic E-state index is 12.2. The SMILES string of the molecule is CCNC(=O)COCCOCC(=O)CCCO[C@@H]1O[C@H](CO[C@H]2O[C@H](CO)[C@@H](O)[C@H](O)[C@@H]2O)[C@@H](O)[C@H](O[C@H]2O[C@H](CO)[C@@H](O)[C@H](O)[C@@H]2O)[C@@H]1O.CCNC(=O)COCCOCC(=O)CCCO[C@@H]1O[C@H](CO[C@H]2O[C@H](CO)[C@@H](O)[C@H](O)[C@@H]2O)[C@@H](O)[C@H](O[C@H]2O[C@H](CO)[C@@H](O)[C@H](O)[C@@H]2O)[C@@H]1O. The fourth-order valence-corrected chi connectivity index (χ4v) is 10.7. The number of ether oxygens (including phenoxy) is 16. The van der Waals surface area contributed by atoms with E-state index >= 15 is 0 Å². The number of aliphatic hydroxyl groups excluding tert-OH is 20. The van der Waals surface area contributed by atoms with Crippen LogP contribution in [-0.4, -0.2) is 429 Å². The van der Waals surface area contributed by atoms with Gasteiger partial charge in [0.1, 0.15) is 173 Å². The molecule has 0 unspecified atom stereocenters. The topological polar surface area (TPSA) is 645 Å². The maximum Gasteiger partial charge on any atom is 0.245 e. The van der Waals surface area contributed by atoms with Crippen LogP contribution in [0.25, 0.3) is 0 Å². The Bertz CT molecular complexity index is 2170. The van der Waals surface area contributed by atoms with Crippen molar-refractivity contribution in [1.29, 1.82) is 0 Å². The number of hydrogen-bond acceptors (Lipinski definition) is 40. The van der Waals surface area contributed by atoms with E-state index in [0.717, 1.165) is 0 Å². The predicted molar refractivity (Wildman–Crippen MR) is 319 cm³/mol. The van der Waals surface area contributed by atoms with Crippen molar-refractivity contribution in [3.05, 3.63) is 0 Å². The van der Waals surface area contributed by atoms with E-state index in [1.807, 2.05) is 0 Å². The molecule has 6 fully saturated rings. The lowest BCUT2D eigenvalue weighted by atomic mass is 9.96. The van der Waals surface area contributed by atoms with Crippen LogP contribution in [0.4, 0.5) is 0 Å². The van der Waals surface area contributed by atoms with Gasteiger partial charge in [0.2, 0.25) is 11.8 Å². The zero-order valence-electron chi connectivity index (χ0n) is 55.0. The zero-order chi connectivity index (χ0) is 73.9. The summed E-state index contributed by atoms with van der Waals surface area (Å²) in [6.45, 7) is -0.450. The number of aliphatic hydroxyl groups is 20. The number of likely N-dealkylation sites (N-methyl/N-ethyl adjacent to an activating group) is 2. The summed E-state index contributed by atoms with van der Waals surface area (Å²) in [7, 11) is 0. The van der Waals surface area contributed by atoms with Crippen molar-refractivity contribution in [3.8, 4) is 0 Å². The lowest BCUT2D eigenvalue weighted by Gasteiger charge is -2.46. The molecule has 0 aromatic carbocycles. The average molecular weight is 1470 g/mol. The fourth-order valence-electron chi connectivity index (χ4n) is 10.7. The van der Waals surface area contributed by atoms with E-state index in [-0.39, 0.29) is 115 Å². The van der Waals surface area contributed by atoms with E-state index in [2.05, 4.69) is 10.6 Å². The summed E-state index contributed by atoms with van der Waals surface area (Å²) in [4.78, 5) is 47.1. The van der Waals surface area contributed by atoms with E-state index in [0.29, 0.717) is 13.1 Å². The van der Waals surface area contributed by atoms with Gasteiger partial charge in [0, 0.05) is 25.9 Å². The van der Waals surface area contributed by atoms with Crippen LogP contribution >= 0.6 is 0 Å². The van der Waals surface area contributed by atoms with Gasteiger partial charge in [-0.25, -0.2) is 0 Å². The highest BCUT2D eigenvalue weighted by molar-refractivity contribution is 5.80. The Kier molecular flexibility index (Phi) is 39.1. The van der Waals surface area contributed by atoms with Crippen molar-refractivity contribution in [2.75, 3.05) is 119 Å². The van der Waals surface area contributed by atoms with Gasteiger partial charge in [-0.3, -0.25) is 19.2 Å². The standard InChI is InChI=1S/2C29H51NO20/c2*1-2-30-17(34)12-44-7-6-43-10-13(33)4-3-5-45-28-25(42)26(50-29-24(41)22(39)19(36)15(9-32)48-29)20(37)16(49-28)11-46-27-23(40)21(38)18(35)14(8-31)47-27/h2*14-16,18-29,31-32,35-42H,2-12H2,1H3,(H,30,34)/t2*14-,15-,16-,18-,19-,20-,21+,22+,23+,24+,25+,26+,27+,28-,29-/m11/s1. The van der Waals surface area contributed by atoms with E-state index < -0.39 is 224 Å². The van der Waals surface area contributed by atoms with Crippen LogP contribution in [0.5, 0.6) is 0 Å². The van der Waals surface area contributed by atoms with E-state index in [1.54, 1.807) is 13.8 Å². The molecular weight excluding hydrogens is 1360 g/mol. The Hall–Kier alpha value is -3.16. The van der Waals surface area contributed by atoms with Crippen LogP contribution in [0.1, 0.15) is 39.5 Å². The van der Waals surface area contributed by atoms with Gasteiger partial charge in [-0.1, -0.05) is 0 Å². The normalized spacial score (nSPS) is 39.3. The van der Waals surface area contributed by atoms with Gasteiger partial charge >= 0.3 is 0 Å². The molecule has 584 valence electrons. The lowest BCUT2D eigenvalue weighted by Crippen LogP contribution is -2.65. The molecule has 0 bridgehead atoms. The first-order valence-corrected chi connectivity index (χ1v) is 32.6. The second kappa shape index (κ2) is 44.7. The first-order chi connectivity index (χ1) is 47.7. The summed E-state index contributed by atoms with van der Waals surface area (Å²) in [6, 6.07) is 0. The minimum absolute atomic E-state index is 0.000347. The third-order valence-corrected chi connectivity index (χ3v) is 16.4. The van der Waals surface area contributed by atoms with Crippen molar-refractivity contribution >= 4 is 23.4 Å². The number of rotatable bonds is 40. The summed E-state index contributed by atoms with van der Waals surface area (Å²) in [5.74, 6) is -1.12. The van der Waals surface area contributed by atoms with Crippen LogP contribution < -0.4 is 10.6 Å². The molecule has 0 radical (unpaired) electrons. The van der Waals surface area contributed by atoms with Crippen LogP contribution in [0.15, 0.2) is 0 Å². The average Bonchev–Trinajstić information content (AvgIpc) is 0.793. The quantitative estimate of drug-likeness (QED) is 0.0253. The van der Waals surface area contributed by atoms with Crippen molar-refractivity contribution in [3.63, 3.8) is 0 Å². The van der Waals surface area contributed by atoms with Crippen molar-refractivity contribution in [2.45, 2.75) is 224 Å². The third-order valence-electron chi connectivity index (χ3n) is 16.4. The molecule has 0 spiro atoms. The summed E-state index contributed by atoms with van der Waals surface area (Å²) >= 11 is 0. The monoisotopic (exact) mass is 1470 g/mol. The van der Waals surface area contributed by atoms with Gasteiger partial charge in [0.05, 0.1) is 79.3 Å². The molecule has 30 atom stereocenters. The van der Waals surface area contributed by atoms with Gasteiger partial charge in [0.15, 0.2) is 49.3 Å². The molecule has 6 heterocycles. The molecule has 0 aliphatic carbocycles. The van der Waals surface area contributed by atoms with Crippen LogP contribution in [-0.2, 0) is 95.0 Å². The number of ketones is 2. The van der Waals surface area contributed by atoms with E-state index in [4.69, 9.17) is 75.8 Å². The molecule has 0 saturated carbocycles. The molecule has 42 nitrogen and oxygen atoms in total. The second-order valence-electron chi connectivity index (χ2n) is 23.8. The molecule has 2 amide bonds. The van der Waals surface area contributed by atoms with Crippen LogP contribution in [0, 0.1) is 0 Å². The van der Waals surface area contributed by atoms with Gasteiger partial charge in [0.25, 0.3) is 0 Å². The number of Topliss-reactive ketones (excluding diaryl/α,β-unsaturated/α-hetero) is 2. The van der Waals surface area contributed by atoms with E-state index in [9.17, 15) is 121 Å². The molecule has 22 N–H and O–H groups in total. The Labute approximate surface area is 572 Å². The Balaban J connectivity index is 0.000000361. The Morgan fingerprint density at radius 1 is 0.310 bits per heavy atom. The van der Waals surface area contributed by atoms with E-state index in [1.165, 1.54) is 0 Å². The second-order valence-corrected chi connectivity index (χ2v) is 23.8. The first kappa shape index (κ1) is 87.5. The smallest absolute Gasteiger partial charge is 0.245 e. The summed E-state index contributed by atoms with van der Waals surface area (Å²) < 4.78 is 87.0. The van der Waals surface area contributed by atoms with Gasteiger partial charge in [-0.15, -0.1) is 0 Å². The molecular formula is C58H102N2O40. The highest BCUT2D eigenvalue weighted by atomic mass is 16.8. The number of hydrogen-bond donors (Lipinski definition) is 22. The van der Waals surface area contributed by atoms with Gasteiger partial charge in [-0.2, -0.15) is 0 Å². The summed E-state index contributed by atoms with van der Waals surface area (Å²) in [5, 5.41) is 210. The fraction of sp³-hybridized carbons (Fsp3) is 0.931. The summed E-state index contributed by atoms with van der Waals surface area (Å²) in [6.07, 6.45) is -49.7. The van der Waals surface area contributed by atoms with Crippen molar-refractivity contribution < 1.29 is 197 Å². The number of carbonyl (C=O) groups is 4. The predicted octanol–water partition coefficient (Wildman–Crippen LogP) is -14.1. The van der Waals surface area contributed by atoms with Gasteiger partial charge < -0.3 is 189 Å². The van der Waals surface area contributed by atoms with Crippen molar-refractivity contribution in [2.24, 2.45) is 0 Å². The molecule has 100 heavy (non-hydrogen) atoms. The zero-order valence-corrected chi connectivity index (χ0v) is 55.0. The molecule has 6 aliphatic rings. The molecule has 42 heteroatoms. The number of carbonyl (C=O) groups excluding carboxylic acids is 4. The van der Waals surface area contributed by atoms with Crippen LogP contribution in [0.3, 0.4) is 0 Å². The summed E-state index contributed by atoms with van der Waals surface area (Å²) in [5.41, 5.74) is 0. The van der Waals surface area contributed by atoms with Crippen molar-refractivity contribution in [1.82, 2.24) is 10.6 Å². The third kappa shape index (κ3) is 25.5.